The van der Waals surface area contributed by atoms with Gasteiger partial charge >= 0.3 is 0 Å². The Balaban J connectivity index is 1.66. The molecule has 0 radical (unpaired) electrons. The number of aromatic amines is 1. The third kappa shape index (κ3) is 2.82. The van der Waals surface area contributed by atoms with Gasteiger partial charge in [0.2, 0.25) is 12.1 Å². The third-order valence-corrected chi connectivity index (χ3v) is 5.12. The zero-order chi connectivity index (χ0) is 17.7. The minimum atomic E-state index is -0.410. The van der Waals surface area contributed by atoms with E-state index in [1.807, 2.05) is 13.8 Å². The number of phenols is 1. The van der Waals surface area contributed by atoms with Crippen LogP contribution in [0.1, 0.15) is 51.9 Å². The van der Waals surface area contributed by atoms with Gasteiger partial charge in [-0.2, -0.15) is 0 Å². The van der Waals surface area contributed by atoms with Crippen LogP contribution in [0.3, 0.4) is 0 Å². The summed E-state index contributed by atoms with van der Waals surface area (Å²) in [5.74, 6) is 0.907. The van der Waals surface area contributed by atoms with Crippen molar-refractivity contribution in [2.24, 2.45) is 11.0 Å². The maximum atomic E-state index is 13.0. The first-order valence-corrected chi connectivity index (χ1v) is 8.97. The lowest BCUT2D eigenvalue weighted by atomic mass is 9.99. The van der Waals surface area contributed by atoms with E-state index < -0.39 is 6.23 Å². The van der Waals surface area contributed by atoms with Crippen molar-refractivity contribution in [3.05, 3.63) is 50.8 Å². The summed E-state index contributed by atoms with van der Waals surface area (Å²) in [5, 5.41) is 14.3. The monoisotopic (exact) mass is 403 g/mol. The Morgan fingerprint density at radius 1 is 1.36 bits per heavy atom. The van der Waals surface area contributed by atoms with Gasteiger partial charge in [-0.05, 0) is 50.5 Å². The van der Waals surface area contributed by atoms with Crippen molar-refractivity contribution in [3.8, 4) is 5.75 Å². The highest BCUT2D eigenvalue weighted by Gasteiger charge is 2.36. The van der Waals surface area contributed by atoms with Gasteiger partial charge in [0.1, 0.15) is 5.75 Å². The van der Waals surface area contributed by atoms with Gasteiger partial charge in [0, 0.05) is 21.6 Å². The second-order valence-corrected chi connectivity index (χ2v) is 7.42. The average molecular weight is 404 g/mol. The van der Waals surface area contributed by atoms with Gasteiger partial charge in [0.15, 0.2) is 5.78 Å². The first-order valence-electron chi connectivity index (χ1n) is 8.17. The molecule has 1 aromatic carbocycles. The largest absolute Gasteiger partial charge is 0.507 e. The number of hydrazone groups is 1. The Hall–Kier alpha value is -2.28. The first kappa shape index (κ1) is 16.2. The molecule has 4 rings (SSSR count). The van der Waals surface area contributed by atoms with E-state index in [-0.39, 0.29) is 17.1 Å². The Kier molecular flexibility index (Phi) is 3.83. The zero-order valence-corrected chi connectivity index (χ0v) is 15.5. The van der Waals surface area contributed by atoms with Gasteiger partial charge < -0.3 is 14.8 Å². The molecule has 2 aliphatic rings. The van der Waals surface area contributed by atoms with Gasteiger partial charge in [0.25, 0.3) is 0 Å². The third-order valence-electron chi connectivity index (χ3n) is 4.63. The summed E-state index contributed by atoms with van der Waals surface area (Å²) < 4.78 is 6.63. The second-order valence-electron chi connectivity index (χ2n) is 6.51. The van der Waals surface area contributed by atoms with Crippen LogP contribution in [0.25, 0.3) is 0 Å². The number of aryl methyl sites for hydroxylation is 1. The summed E-state index contributed by atoms with van der Waals surface area (Å²) in [5.41, 5.74) is 6.13. The van der Waals surface area contributed by atoms with Crippen LogP contribution in [0.5, 0.6) is 5.75 Å². The number of rotatable bonds is 4. The number of nitrogens with one attached hydrogen (secondary N) is 2. The number of nitrogens with zero attached hydrogens (tertiary/aromatic N) is 1. The van der Waals surface area contributed by atoms with Crippen molar-refractivity contribution in [2.45, 2.75) is 32.9 Å². The number of carbonyl (C=O) groups excluding carboxylic acids is 1. The van der Waals surface area contributed by atoms with Crippen molar-refractivity contribution < 1.29 is 14.6 Å². The molecule has 1 atom stereocenters. The van der Waals surface area contributed by atoms with Crippen LogP contribution in [0, 0.1) is 19.8 Å². The number of carbonyl (C=O) groups is 1. The fraction of sp³-hybridized carbons (Fsp3) is 0.333. The fourth-order valence-electron chi connectivity index (χ4n) is 3.14. The molecule has 0 amide bonds. The average Bonchev–Trinajstić information content (AvgIpc) is 3.24. The van der Waals surface area contributed by atoms with Crippen LogP contribution < -0.4 is 5.43 Å². The van der Waals surface area contributed by atoms with Gasteiger partial charge in [-0.15, -0.1) is 5.10 Å². The highest BCUT2D eigenvalue weighted by molar-refractivity contribution is 9.10. The van der Waals surface area contributed by atoms with E-state index >= 15 is 0 Å². The summed E-state index contributed by atoms with van der Waals surface area (Å²) in [6, 6.07) is 4.83. The van der Waals surface area contributed by atoms with Crippen molar-refractivity contribution in [1.82, 2.24) is 10.4 Å². The number of benzene rings is 1. The lowest BCUT2D eigenvalue weighted by molar-refractivity contribution is 0.103. The van der Waals surface area contributed by atoms with Gasteiger partial charge in [-0.25, -0.2) is 0 Å². The number of phenolic OH excluding ortho intramolecular Hbond substituents is 1. The highest BCUT2D eigenvalue weighted by atomic mass is 79.9. The molecule has 1 unspecified atom stereocenters. The first-order chi connectivity index (χ1) is 12.0. The predicted molar refractivity (Wildman–Crippen MR) is 96.6 cm³/mol. The molecule has 3 N–H and O–H groups in total. The summed E-state index contributed by atoms with van der Waals surface area (Å²) >= 11 is 3.34. The minimum Gasteiger partial charge on any atom is -0.507 e. The Bertz CT molecular complexity index is 899. The van der Waals surface area contributed by atoms with Gasteiger partial charge in [-0.1, -0.05) is 15.9 Å². The second kappa shape index (κ2) is 5.91. The molecule has 0 spiro atoms. The summed E-state index contributed by atoms with van der Waals surface area (Å²) in [7, 11) is 0. The number of aromatic hydroxyl groups is 1. The van der Waals surface area contributed by atoms with E-state index in [0.717, 1.165) is 40.2 Å². The Morgan fingerprint density at radius 3 is 2.84 bits per heavy atom. The molecule has 1 aromatic heterocycles. The molecule has 1 aliphatic heterocycles. The molecule has 6 nitrogen and oxygen atoms in total. The van der Waals surface area contributed by atoms with E-state index in [9.17, 15) is 9.90 Å². The molecule has 0 bridgehead atoms. The Labute approximate surface area is 153 Å². The summed E-state index contributed by atoms with van der Waals surface area (Å²) in [6.45, 7) is 3.72. The number of ketones is 1. The molecule has 7 heteroatoms. The van der Waals surface area contributed by atoms with E-state index in [4.69, 9.17) is 4.74 Å². The lowest BCUT2D eigenvalue weighted by Gasteiger charge is -2.11. The summed E-state index contributed by atoms with van der Waals surface area (Å²) in [6.07, 6.45) is 1.82. The fourth-order valence-corrected chi connectivity index (χ4v) is 3.50. The van der Waals surface area contributed by atoms with Crippen LogP contribution >= 0.6 is 15.9 Å². The van der Waals surface area contributed by atoms with Gasteiger partial charge in [0.05, 0.1) is 11.3 Å². The van der Waals surface area contributed by atoms with Gasteiger partial charge in [-0.3, -0.25) is 10.2 Å². The number of halogens is 1. The van der Waals surface area contributed by atoms with Crippen molar-refractivity contribution >= 4 is 27.6 Å². The van der Waals surface area contributed by atoms with Crippen LogP contribution in [0.2, 0.25) is 0 Å². The van der Waals surface area contributed by atoms with E-state index in [1.165, 1.54) is 6.07 Å². The molecule has 25 heavy (non-hydrogen) atoms. The van der Waals surface area contributed by atoms with Crippen molar-refractivity contribution in [3.63, 3.8) is 0 Å². The van der Waals surface area contributed by atoms with Crippen molar-refractivity contribution in [2.75, 3.05) is 0 Å². The number of H-pyrrole nitrogens is 1. The molecule has 1 fully saturated rings. The molecule has 130 valence electrons. The molecular weight excluding hydrogens is 386 g/mol. The quantitative estimate of drug-likeness (QED) is 0.679. The van der Waals surface area contributed by atoms with E-state index in [0.29, 0.717) is 11.5 Å². The molecule has 1 saturated carbocycles. The SMILES string of the molecule is Cc1[nH]c(C2NN=C(C3CC3)O2)c(C)c1C(=O)c1cc(Br)ccc1O. The maximum absolute atomic E-state index is 13.0. The van der Waals surface area contributed by atoms with Crippen LogP contribution in [-0.4, -0.2) is 21.8 Å². The number of hydrogen-bond acceptors (Lipinski definition) is 5. The van der Waals surface area contributed by atoms with Crippen LogP contribution in [0.15, 0.2) is 27.8 Å². The number of aromatic nitrogens is 1. The lowest BCUT2D eigenvalue weighted by Crippen LogP contribution is -2.14. The van der Waals surface area contributed by atoms with E-state index in [2.05, 4.69) is 31.4 Å². The standard InChI is InChI=1S/C18H18BrN3O3/c1-8-14(16(24)12-7-11(19)5-6-13(12)23)9(2)20-15(8)18-22-21-17(25-18)10-3-4-10/h5-7,10,18,20,22-23H,3-4H2,1-2H3. The van der Waals surface area contributed by atoms with Crippen LogP contribution in [-0.2, 0) is 4.74 Å². The molecule has 1 aliphatic carbocycles. The predicted octanol–water partition coefficient (Wildman–Crippen LogP) is 3.67. The zero-order valence-electron chi connectivity index (χ0n) is 13.9. The smallest absolute Gasteiger partial charge is 0.227 e. The number of ether oxygens (including phenoxy) is 1. The topological polar surface area (TPSA) is 86.7 Å². The minimum absolute atomic E-state index is 0.0376. The Morgan fingerprint density at radius 2 is 2.12 bits per heavy atom. The number of hydrogen-bond donors (Lipinski definition) is 3. The normalized spacial score (nSPS) is 19.3. The molecular formula is C18H18BrN3O3. The molecule has 2 aromatic rings. The van der Waals surface area contributed by atoms with Crippen molar-refractivity contribution in [1.29, 1.82) is 0 Å². The molecule has 0 saturated heterocycles. The van der Waals surface area contributed by atoms with E-state index in [1.54, 1.807) is 12.1 Å². The molecule has 2 heterocycles. The maximum Gasteiger partial charge on any atom is 0.227 e. The highest BCUT2D eigenvalue weighted by Crippen LogP contribution is 2.36. The van der Waals surface area contributed by atoms with Crippen LogP contribution in [0.4, 0.5) is 0 Å². The summed E-state index contributed by atoms with van der Waals surface area (Å²) in [4.78, 5) is 16.2.